The number of rotatable bonds is 4. The van der Waals surface area contributed by atoms with E-state index in [0.29, 0.717) is 5.76 Å². The molecule has 0 atom stereocenters. The number of aryl methyl sites for hydroxylation is 1. The van der Waals surface area contributed by atoms with Crippen LogP contribution in [0.5, 0.6) is 0 Å². The van der Waals surface area contributed by atoms with Gasteiger partial charge < -0.3 is 9.15 Å². The van der Waals surface area contributed by atoms with Gasteiger partial charge in [0.1, 0.15) is 17.9 Å². The van der Waals surface area contributed by atoms with Crippen LogP contribution in [0.2, 0.25) is 0 Å². The molecule has 0 bridgehead atoms. The van der Waals surface area contributed by atoms with Crippen LogP contribution in [-0.4, -0.2) is 13.1 Å². The number of hydrogen-bond acceptors (Lipinski definition) is 3. The summed E-state index contributed by atoms with van der Waals surface area (Å²) in [6.45, 7) is 2.09. The molecule has 0 amide bonds. The van der Waals surface area contributed by atoms with E-state index in [2.05, 4.69) is 11.7 Å². The van der Waals surface area contributed by atoms with Gasteiger partial charge in [-0.25, -0.2) is 0 Å². The molecule has 1 aromatic rings. The molecule has 3 nitrogen and oxygen atoms in total. The Labute approximate surface area is 77.7 Å². The Morgan fingerprint density at radius 2 is 2.15 bits per heavy atom. The summed E-state index contributed by atoms with van der Waals surface area (Å²) in [7, 11) is 1.37. The quantitative estimate of drug-likeness (QED) is 0.668. The Hall–Kier alpha value is -1.25. The normalized spacial score (nSPS) is 10.0. The zero-order valence-electron chi connectivity index (χ0n) is 8.00. The first-order valence-corrected chi connectivity index (χ1v) is 4.40. The molecule has 0 unspecified atom stereocenters. The van der Waals surface area contributed by atoms with Crippen molar-refractivity contribution in [2.24, 2.45) is 0 Å². The van der Waals surface area contributed by atoms with Crippen LogP contribution in [0.3, 0.4) is 0 Å². The van der Waals surface area contributed by atoms with Crippen molar-refractivity contribution in [1.29, 1.82) is 0 Å². The molecule has 72 valence electrons. The van der Waals surface area contributed by atoms with Crippen LogP contribution >= 0.6 is 0 Å². The van der Waals surface area contributed by atoms with Crippen LogP contribution in [0.15, 0.2) is 16.5 Å². The van der Waals surface area contributed by atoms with Gasteiger partial charge in [-0.05, 0) is 18.6 Å². The Balaban J connectivity index is 2.53. The summed E-state index contributed by atoms with van der Waals surface area (Å²) in [6, 6.07) is 3.73. The van der Waals surface area contributed by atoms with E-state index in [1.165, 1.54) is 7.11 Å². The lowest BCUT2D eigenvalue weighted by atomic mass is 10.3. The van der Waals surface area contributed by atoms with E-state index in [4.69, 9.17) is 4.42 Å². The average molecular weight is 182 g/mol. The Morgan fingerprint density at radius 3 is 2.77 bits per heavy atom. The van der Waals surface area contributed by atoms with Gasteiger partial charge in [0.05, 0.1) is 7.11 Å². The van der Waals surface area contributed by atoms with Crippen molar-refractivity contribution < 1.29 is 13.9 Å². The van der Waals surface area contributed by atoms with Crippen molar-refractivity contribution >= 4 is 5.97 Å². The number of carbonyl (C=O) groups is 1. The summed E-state index contributed by atoms with van der Waals surface area (Å²) in [4.78, 5) is 10.9. The number of hydrogen-bond donors (Lipinski definition) is 0. The van der Waals surface area contributed by atoms with Crippen molar-refractivity contribution in [3.63, 3.8) is 0 Å². The van der Waals surface area contributed by atoms with Crippen LogP contribution in [-0.2, 0) is 22.4 Å². The summed E-state index contributed by atoms with van der Waals surface area (Å²) in [5.74, 6) is 1.34. The van der Waals surface area contributed by atoms with Gasteiger partial charge in [-0.1, -0.05) is 6.92 Å². The minimum atomic E-state index is -0.266. The molecule has 1 rings (SSSR count). The minimum absolute atomic E-state index is 0.222. The molecule has 1 aromatic heterocycles. The second kappa shape index (κ2) is 4.70. The van der Waals surface area contributed by atoms with Gasteiger partial charge in [-0.2, -0.15) is 0 Å². The van der Waals surface area contributed by atoms with Crippen molar-refractivity contribution in [2.75, 3.05) is 7.11 Å². The summed E-state index contributed by atoms with van der Waals surface area (Å²) in [6.07, 6.45) is 2.19. The summed E-state index contributed by atoms with van der Waals surface area (Å²) < 4.78 is 9.92. The highest BCUT2D eigenvalue weighted by molar-refractivity contribution is 5.71. The summed E-state index contributed by atoms with van der Waals surface area (Å²) in [5.41, 5.74) is 0. The van der Waals surface area contributed by atoms with Crippen molar-refractivity contribution in [3.05, 3.63) is 23.7 Å². The van der Waals surface area contributed by atoms with Gasteiger partial charge in [0.25, 0.3) is 0 Å². The first-order chi connectivity index (χ1) is 6.26. The predicted molar refractivity (Wildman–Crippen MR) is 48.4 cm³/mol. The average Bonchev–Trinajstić information content (AvgIpc) is 2.53. The second-order valence-electron chi connectivity index (χ2n) is 2.87. The minimum Gasteiger partial charge on any atom is -0.469 e. The van der Waals surface area contributed by atoms with E-state index in [1.807, 2.05) is 12.1 Å². The fourth-order valence-electron chi connectivity index (χ4n) is 1.11. The second-order valence-corrected chi connectivity index (χ2v) is 2.87. The largest absolute Gasteiger partial charge is 0.469 e. The zero-order valence-corrected chi connectivity index (χ0v) is 8.00. The molecule has 0 radical (unpaired) electrons. The smallest absolute Gasteiger partial charge is 0.313 e. The molecule has 13 heavy (non-hydrogen) atoms. The standard InChI is InChI=1S/C10H14O3/c1-3-4-8-5-6-9(13-8)7-10(11)12-2/h5-6H,3-4,7H2,1-2H3. The molecule has 0 aliphatic rings. The monoisotopic (exact) mass is 182 g/mol. The molecule has 0 N–H and O–H groups in total. The molecule has 3 heteroatoms. The van der Waals surface area contributed by atoms with Gasteiger partial charge in [-0.15, -0.1) is 0 Å². The van der Waals surface area contributed by atoms with Gasteiger partial charge in [0.15, 0.2) is 0 Å². The SMILES string of the molecule is CCCc1ccc(CC(=O)OC)o1. The molecule has 0 spiro atoms. The van der Waals surface area contributed by atoms with Crippen molar-refractivity contribution in [3.8, 4) is 0 Å². The molecule has 1 heterocycles. The van der Waals surface area contributed by atoms with Crippen LogP contribution in [0.1, 0.15) is 24.9 Å². The van der Waals surface area contributed by atoms with Crippen molar-refractivity contribution in [1.82, 2.24) is 0 Å². The first kappa shape index (κ1) is 9.84. The summed E-state index contributed by atoms with van der Waals surface area (Å²) >= 11 is 0. The van der Waals surface area contributed by atoms with Gasteiger partial charge in [-0.3, -0.25) is 4.79 Å². The topological polar surface area (TPSA) is 39.4 Å². The van der Waals surface area contributed by atoms with Crippen LogP contribution in [0.25, 0.3) is 0 Å². The first-order valence-electron chi connectivity index (χ1n) is 4.40. The van der Waals surface area contributed by atoms with Crippen LogP contribution in [0, 0.1) is 0 Å². The molecule has 0 aliphatic heterocycles. The van der Waals surface area contributed by atoms with Gasteiger partial charge in [0, 0.05) is 6.42 Å². The lowest BCUT2D eigenvalue weighted by Gasteiger charge is -1.95. The number of methoxy groups -OCH3 is 1. The maximum atomic E-state index is 10.9. The number of esters is 1. The molecule has 0 aromatic carbocycles. The van der Waals surface area contributed by atoms with Crippen LogP contribution < -0.4 is 0 Å². The highest BCUT2D eigenvalue weighted by atomic mass is 16.5. The van der Waals surface area contributed by atoms with Crippen LogP contribution in [0.4, 0.5) is 0 Å². The van der Waals surface area contributed by atoms with E-state index < -0.39 is 0 Å². The third kappa shape index (κ3) is 2.93. The third-order valence-electron chi connectivity index (χ3n) is 1.76. The van der Waals surface area contributed by atoms with E-state index in [-0.39, 0.29) is 12.4 Å². The Bertz CT molecular complexity index is 275. The predicted octanol–water partition coefficient (Wildman–Crippen LogP) is 1.95. The number of carbonyl (C=O) groups excluding carboxylic acids is 1. The fourth-order valence-corrected chi connectivity index (χ4v) is 1.11. The molecule has 0 saturated carbocycles. The van der Waals surface area contributed by atoms with E-state index in [1.54, 1.807) is 0 Å². The Kier molecular flexibility index (Phi) is 3.55. The molecule has 0 saturated heterocycles. The van der Waals surface area contributed by atoms with Gasteiger partial charge >= 0.3 is 5.97 Å². The molecule has 0 fully saturated rings. The maximum Gasteiger partial charge on any atom is 0.313 e. The highest BCUT2D eigenvalue weighted by Crippen LogP contribution is 2.10. The number of furan rings is 1. The van der Waals surface area contributed by atoms with Gasteiger partial charge in [0.2, 0.25) is 0 Å². The number of ether oxygens (including phenoxy) is 1. The lowest BCUT2D eigenvalue weighted by Crippen LogP contribution is -2.03. The fraction of sp³-hybridized carbons (Fsp3) is 0.500. The zero-order chi connectivity index (χ0) is 9.68. The highest BCUT2D eigenvalue weighted by Gasteiger charge is 2.06. The van der Waals surface area contributed by atoms with E-state index >= 15 is 0 Å². The summed E-state index contributed by atoms with van der Waals surface area (Å²) in [5, 5.41) is 0. The third-order valence-corrected chi connectivity index (χ3v) is 1.76. The van der Waals surface area contributed by atoms with Crippen molar-refractivity contribution in [2.45, 2.75) is 26.2 Å². The molecule has 0 aliphatic carbocycles. The van der Waals surface area contributed by atoms with E-state index in [0.717, 1.165) is 18.6 Å². The lowest BCUT2D eigenvalue weighted by molar-refractivity contribution is -0.140. The Morgan fingerprint density at radius 1 is 1.46 bits per heavy atom. The van der Waals surface area contributed by atoms with E-state index in [9.17, 15) is 4.79 Å². The molecular weight excluding hydrogens is 168 g/mol. The molecular formula is C10H14O3. The maximum absolute atomic E-state index is 10.9.